The van der Waals surface area contributed by atoms with Crippen molar-refractivity contribution in [2.45, 2.75) is 97.8 Å². The predicted octanol–water partition coefficient (Wildman–Crippen LogP) is 15.5. The van der Waals surface area contributed by atoms with Crippen LogP contribution in [0, 0.1) is 6.07 Å². The summed E-state index contributed by atoms with van der Waals surface area (Å²) < 4.78 is 9.16. The molecule has 65 heavy (non-hydrogen) atoms. The summed E-state index contributed by atoms with van der Waals surface area (Å²) in [6.45, 7) is 24.4. The Bertz CT molecular complexity index is 3300. The summed E-state index contributed by atoms with van der Waals surface area (Å²) in [5.41, 5.74) is 15.8. The molecule has 6 aromatic carbocycles. The second kappa shape index (κ2) is 15.6. The molecule has 5 nitrogen and oxygen atoms in total. The number of furan rings is 1. The molecule has 9 aromatic rings. The van der Waals surface area contributed by atoms with Crippen LogP contribution in [0.3, 0.4) is 0 Å². The smallest absolute Gasteiger partial charge is 0.149 e. The van der Waals surface area contributed by atoms with E-state index in [1.165, 1.54) is 5.56 Å². The van der Waals surface area contributed by atoms with Crippen molar-refractivity contribution in [1.29, 1.82) is 0 Å². The number of aromatic nitrogens is 3. The zero-order chi connectivity index (χ0) is 45.1. The van der Waals surface area contributed by atoms with Crippen LogP contribution in [0.1, 0.15) is 104 Å². The fourth-order valence-corrected chi connectivity index (χ4v) is 9.56. The Labute approximate surface area is 397 Å². The van der Waals surface area contributed by atoms with Crippen molar-refractivity contribution in [3.05, 3.63) is 168 Å². The molecule has 0 unspecified atom stereocenters. The number of hydrogen-bond acceptors (Lipinski definition) is 4. The van der Waals surface area contributed by atoms with Crippen molar-refractivity contribution in [1.82, 2.24) is 14.5 Å². The molecular weight excluding hydrogens is 978 g/mol. The number of phenolic OH excluding ortho intramolecular Hbond substituents is 1. The zero-order valence-electron chi connectivity index (χ0n) is 39.2. The molecule has 0 amide bonds. The van der Waals surface area contributed by atoms with Crippen LogP contribution in [0.15, 0.2) is 138 Å². The molecule has 0 aliphatic heterocycles. The third-order valence-electron chi connectivity index (χ3n) is 13.3. The average Bonchev–Trinajstić information content (AvgIpc) is 3.91. The summed E-state index contributed by atoms with van der Waals surface area (Å²) >= 11 is 0. The molecule has 3 aromatic heterocycles. The Morgan fingerprint density at radius 3 is 1.95 bits per heavy atom. The van der Waals surface area contributed by atoms with Crippen LogP contribution < -0.4 is 0 Å². The fraction of sp³-hybridized carbons (Fsp3) is 0.254. The topological polar surface area (TPSA) is 64.1 Å². The van der Waals surface area contributed by atoms with Crippen molar-refractivity contribution in [2.75, 3.05) is 0 Å². The first-order valence-corrected chi connectivity index (χ1v) is 22.5. The van der Waals surface area contributed by atoms with Crippen LogP contribution in [0.4, 0.5) is 0 Å². The maximum atomic E-state index is 12.6. The van der Waals surface area contributed by atoms with Crippen LogP contribution in [0.25, 0.3) is 83.7 Å². The molecule has 3 heterocycles. The van der Waals surface area contributed by atoms with Crippen molar-refractivity contribution >= 4 is 22.0 Å². The van der Waals surface area contributed by atoms with Gasteiger partial charge < -0.3 is 9.52 Å². The maximum absolute atomic E-state index is 12.6. The van der Waals surface area contributed by atoms with E-state index in [1.807, 2.05) is 12.3 Å². The summed E-state index contributed by atoms with van der Waals surface area (Å²) in [5.74, 6) is 1.83. The summed E-state index contributed by atoms with van der Waals surface area (Å²) in [4.78, 5) is 10.6. The molecule has 330 valence electrons. The fourth-order valence-electron chi connectivity index (χ4n) is 9.56. The molecule has 0 radical (unpaired) electrons. The van der Waals surface area contributed by atoms with Gasteiger partial charge in [-0.15, -0.1) is 12.1 Å². The van der Waals surface area contributed by atoms with Gasteiger partial charge in [0, 0.05) is 49.5 Å². The van der Waals surface area contributed by atoms with Crippen molar-refractivity contribution in [2.24, 2.45) is 0 Å². The largest absolute Gasteiger partial charge is 0.507 e. The molecular formula is C59H56N3O2Pt-. The maximum Gasteiger partial charge on any atom is 0.149 e. The molecule has 0 bridgehead atoms. The van der Waals surface area contributed by atoms with Gasteiger partial charge in [-0.05, 0) is 105 Å². The summed E-state index contributed by atoms with van der Waals surface area (Å²) in [6, 6.07) is 48.8. The van der Waals surface area contributed by atoms with Crippen LogP contribution in [0.5, 0.6) is 5.75 Å². The monoisotopic (exact) mass is 1030 g/mol. The number of nitrogens with zero attached hydrogens (tertiary/aromatic N) is 3. The average molecular weight is 1030 g/mol. The summed E-state index contributed by atoms with van der Waals surface area (Å²) in [5, 5.41) is 13.5. The number of aromatic hydroxyl groups is 1. The van der Waals surface area contributed by atoms with E-state index in [-0.39, 0.29) is 43.1 Å². The van der Waals surface area contributed by atoms with Gasteiger partial charge in [-0.3, -0.25) is 9.55 Å². The van der Waals surface area contributed by atoms with Crippen LogP contribution >= 0.6 is 0 Å². The molecule has 0 spiro atoms. The van der Waals surface area contributed by atoms with E-state index in [1.54, 1.807) is 0 Å². The first-order chi connectivity index (χ1) is 30.3. The molecule has 1 N–H and O–H groups in total. The number of pyridine rings is 1. The minimum Gasteiger partial charge on any atom is -0.507 e. The minimum atomic E-state index is -0.460. The Morgan fingerprint density at radius 1 is 0.631 bits per heavy atom. The van der Waals surface area contributed by atoms with Crippen LogP contribution in [-0.4, -0.2) is 19.6 Å². The van der Waals surface area contributed by atoms with Crippen LogP contribution in [0.2, 0.25) is 0 Å². The summed E-state index contributed by atoms with van der Waals surface area (Å²) in [6.07, 6.45) is 1.87. The van der Waals surface area contributed by atoms with Crippen molar-refractivity contribution in [3.63, 3.8) is 0 Å². The zero-order valence-corrected chi connectivity index (χ0v) is 41.5. The van der Waals surface area contributed by atoms with Crippen LogP contribution in [-0.2, 0) is 42.7 Å². The molecule has 1 aliphatic carbocycles. The van der Waals surface area contributed by atoms with E-state index in [2.05, 4.69) is 208 Å². The van der Waals surface area contributed by atoms with E-state index in [4.69, 9.17) is 14.4 Å². The van der Waals surface area contributed by atoms with Crippen molar-refractivity contribution < 1.29 is 30.6 Å². The molecule has 0 saturated carbocycles. The minimum absolute atomic E-state index is 0. The van der Waals surface area contributed by atoms with Gasteiger partial charge in [0.1, 0.15) is 11.6 Å². The van der Waals surface area contributed by atoms with Gasteiger partial charge in [0.2, 0.25) is 0 Å². The van der Waals surface area contributed by atoms with E-state index < -0.39 is 5.41 Å². The quantitative estimate of drug-likeness (QED) is 0.175. The number of imidazole rings is 1. The Hall–Kier alpha value is -6.03. The van der Waals surface area contributed by atoms with Gasteiger partial charge in [-0.2, -0.15) is 0 Å². The SMILES string of the molecule is CC(C)(C)c1ccc(-n2c(-c3cc(C(C)(C)C)cc(C(C)(C)C)c3O)nc3c4c(ccc32)C(C)(C)c2oc3ccc(-c5cc(-c6ccccc6)ccn5)[c-]c3c2-4)c(-c2ccccc2)c1.[Pt]. The van der Waals surface area contributed by atoms with Crippen molar-refractivity contribution in [3.8, 4) is 67.5 Å². The second-order valence-electron chi connectivity index (χ2n) is 21.2. The third kappa shape index (κ3) is 7.37. The third-order valence-corrected chi connectivity index (χ3v) is 13.3. The van der Waals surface area contributed by atoms with Gasteiger partial charge in [0.25, 0.3) is 0 Å². The summed E-state index contributed by atoms with van der Waals surface area (Å²) in [7, 11) is 0. The number of hydrogen-bond donors (Lipinski definition) is 1. The van der Waals surface area contributed by atoms with Gasteiger partial charge in [-0.25, -0.2) is 4.98 Å². The number of rotatable bonds is 5. The molecule has 0 fully saturated rings. The Balaban J connectivity index is 0.00000533. The van der Waals surface area contributed by atoms with Gasteiger partial charge in [0.05, 0.1) is 33.6 Å². The van der Waals surface area contributed by atoms with E-state index in [0.29, 0.717) is 11.4 Å². The Kier molecular flexibility index (Phi) is 10.6. The number of phenols is 1. The standard InChI is InChI=1S/C59H56N3O2.Pt/c1-56(2,3)39-23-25-47(41(32-39)36-20-16-13-17-21-36)62-48-26-24-44-51(52(48)61-55(62)43-33-40(57(4,5)6)34-45(53(43)63)58(7,8)9)50-42-30-38(22-27-49(42)64-54(50)59(44,10)11)46-31-37(28-29-60-46)35-18-14-12-15-19-35;/h12-29,31-34,63H,1-11H3;/q-1;. The number of fused-ring (bicyclic) bond motifs is 7. The molecule has 1 aliphatic rings. The van der Waals surface area contributed by atoms with Gasteiger partial charge in [-0.1, -0.05) is 164 Å². The van der Waals surface area contributed by atoms with Gasteiger partial charge >= 0.3 is 0 Å². The molecule has 0 saturated heterocycles. The molecule has 6 heteroatoms. The van der Waals surface area contributed by atoms with E-state index in [0.717, 1.165) is 94.8 Å². The normalized spacial score (nSPS) is 13.5. The van der Waals surface area contributed by atoms with E-state index >= 15 is 0 Å². The number of benzene rings is 6. The molecule has 10 rings (SSSR count). The Morgan fingerprint density at radius 2 is 1.29 bits per heavy atom. The van der Waals surface area contributed by atoms with Gasteiger partial charge in [0.15, 0.2) is 0 Å². The first kappa shape index (κ1) is 44.2. The van der Waals surface area contributed by atoms with E-state index in [9.17, 15) is 5.11 Å². The second-order valence-corrected chi connectivity index (χ2v) is 21.2. The molecule has 0 atom stereocenters. The predicted molar refractivity (Wildman–Crippen MR) is 265 cm³/mol. The first-order valence-electron chi connectivity index (χ1n) is 22.5.